The highest BCUT2D eigenvalue weighted by Gasteiger charge is 2.32. The van der Waals surface area contributed by atoms with Crippen LogP contribution < -0.4 is 14.4 Å². The molecule has 0 saturated carbocycles. The number of benzene rings is 3. The number of amides is 2. The van der Waals surface area contributed by atoms with E-state index in [1.165, 1.54) is 17.0 Å². The van der Waals surface area contributed by atoms with Crippen LogP contribution in [0.25, 0.3) is 0 Å². The van der Waals surface area contributed by atoms with Crippen LogP contribution in [0.3, 0.4) is 0 Å². The van der Waals surface area contributed by atoms with Crippen molar-refractivity contribution in [2.45, 2.75) is 58.1 Å². The Morgan fingerprint density at radius 2 is 1.52 bits per heavy atom. The van der Waals surface area contributed by atoms with Gasteiger partial charge in [-0.15, -0.1) is 0 Å². The van der Waals surface area contributed by atoms with Gasteiger partial charge in [-0.3, -0.25) is 13.9 Å². The monoisotopic (exact) mass is 629 g/mol. The number of ether oxygens (including phenoxy) is 1. The largest absolute Gasteiger partial charge is 0.494 e. The predicted octanol–water partition coefficient (Wildman–Crippen LogP) is 5.29. The third-order valence-corrected chi connectivity index (χ3v) is 8.50. The van der Waals surface area contributed by atoms with Crippen molar-refractivity contribution in [3.63, 3.8) is 0 Å². The molecule has 3 aromatic carbocycles. The molecule has 0 aliphatic carbocycles. The van der Waals surface area contributed by atoms with Crippen molar-refractivity contribution in [1.82, 2.24) is 10.2 Å². The van der Waals surface area contributed by atoms with Gasteiger partial charge in [0.25, 0.3) is 10.0 Å². The number of hydrogen-bond acceptors (Lipinski definition) is 5. The van der Waals surface area contributed by atoms with E-state index in [1.807, 2.05) is 52.0 Å². The van der Waals surface area contributed by atoms with Crippen molar-refractivity contribution in [2.75, 3.05) is 17.5 Å². The Morgan fingerprint density at radius 1 is 0.925 bits per heavy atom. The Morgan fingerprint density at radius 3 is 2.08 bits per heavy atom. The second kappa shape index (κ2) is 13.8. The van der Waals surface area contributed by atoms with E-state index in [0.717, 1.165) is 19.9 Å². The average Bonchev–Trinajstić information content (AvgIpc) is 2.91. The van der Waals surface area contributed by atoms with E-state index < -0.39 is 28.5 Å². The smallest absolute Gasteiger partial charge is 0.264 e. The van der Waals surface area contributed by atoms with Crippen LogP contribution in [0.15, 0.2) is 82.2 Å². The van der Waals surface area contributed by atoms with Gasteiger partial charge >= 0.3 is 0 Å². The van der Waals surface area contributed by atoms with Crippen molar-refractivity contribution < 1.29 is 22.7 Å². The molecule has 0 bridgehead atoms. The van der Waals surface area contributed by atoms with Gasteiger partial charge in [-0.05, 0) is 88.7 Å². The zero-order valence-corrected chi connectivity index (χ0v) is 25.8. The van der Waals surface area contributed by atoms with Gasteiger partial charge in [-0.1, -0.05) is 45.8 Å². The second-order valence-corrected chi connectivity index (χ2v) is 12.5. The lowest BCUT2D eigenvalue weighted by molar-refractivity contribution is -0.139. The molecule has 1 atom stereocenters. The van der Waals surface area contributed by atoms with Gasteiger partial charge in [-0.2, -0.15) is 0 Å². The molecule has 8 nitrogen and oxygen atoms in total. The summed E-state index contributed by atoms with van der Waals surface area (Å²) in [5.41, 5.74) is 2.09. The van der Waals surface area contributed by atoms with Crippen molar-refractivity contribution in [2.24, 2.45) is 0 Å². The number of nitrogens with one attached hydrogen (secondary N) is 1. The molecule has 214 valence electrons. The Balaban J connectivity index is 2.01. The van der Waals surface area contributed by atoms with Crippen molar-refractivity contribution in [1.29, 1.82) is 0 Å². The normalized spacial score (nSPS) is 12.1. The van der Waals surface area contributed by atoms with E-state index in [4.69, 9.17) is 4.74 Å². The van der Waals surface area contributed by atoms with Crippen molar-refractivity contribution >= 4 is 43.5 Å². The lowest BCUT2D eigenvalue weighted by atomic mass is 10.1. The molecule has 0 aromatic heterocycles. The second-order valence-electron chi connectivity index (χ2n) is 9.74. The van der Waals surface area contributed by atoms with Crippen molar-refractivity contribution in [3.05, 3.63) is 88.4 Å². The molecule has 0 saturated heterocycles. The van der Waals surface area contributed by atoms with Gasteiger partial charge in [0, 0.05) is 17.1 Å². The number of rotatable bonds is 12. The van der Waals surface area contributed by atoms with Crippen LogP contribution in [0.5, 0.6) is 5.75 Å². The first kappa shape index (κ1) is 31.2. The molecule has 0 spiro atoms. The highest BCUT2D eigenvalue weighted by atomic mass is 79.9. The summed E-state index contributed by atoms with van der Waals surface area (Å²) >= 11 is 3.41. The molecular formula is C30H36BrN3O5S. The van der Waals surface area contributed by atoms with Gasteiger partial charge in [0.1, 0.15) is 18.3 Å². The van der Waals surface area contributed by atoms with E-state index in [-0.39, 0.29) is 23.4 Å². The zero-order chi connectivity index (χ0) is 29.4. The van der Waals surface area contributed by atoms with Gasteiger partial charge < -0.3 is 15.0 Å². The maximum Gasteiger partial charge on any atom is 0.264 e. The van der Waals surface area contributed by atoms with E-state index in [1.54, 1.807) is 43.3 Å². The number of hydrogen-bond donors (Lipinski definition) is 1. The summed E-state index contributed by atoms with van der Waals surface area (Å²) in [4.78, 5) is 28.3. The van der Waals surface area contributed by atoms with Crippen LogP contribution in [0.4, 0.5) is 5.69 Å². The number of sulfonamides is 1. The number of carbonyl (C=O) groups is 2. The van der Waals surface area contributed by atoms with E-state index in [0.29, 0.717) is 18.0 Å². The SMILES string of the molecule is CCOc1ccc(S(=O)(=O)N(CC(=O)N(Cc2ccc(Br)cc2)C(C)C(=O)NC(C)C)c2ccc(C)cc2)cc1. The highest BCUT2D eigenvalue weighted by Crippen LogP contribution is 2.26. The third-order valence-electron chi connectivity index (χ3n) is 6.19. The van der Waals surface area contributed by atoms with E-state index in [9.17, 15) is 18.0 Å². The fourth-order valence-corrected chi connectivity index (χ4v) is 5.69. The summed E-state index contributed by atoms with van der Waals surface area (Å²) in [6.07, 6.45) is 0. The molecule has 40 heavy (non-hydrogen) atoms. The first-order chi connectivity index (χ1) is 18.9. The van der Waals surface area contributed by atoms with Gasteiger partial charge in [0.05, 0.1) is 17.2 Å². The summed E-state index contributed by atoms with van der Waals surface area (Å²) in [6, 6.07) is 19.5. The number of aryl methyl sites for hydroxylation is 1. The van der Waals surface area contributed by atoms with Gasteiger partial charge in [-0.25, -0.2) is 8.42 Å². The zero-order valence-electron chi connectivity index (χ0n) is 23.4. The molecule has 0 radical (unpaired) electrons. The Kier molecular flexibility index (Phi) is 10.8. The molecule has 0 aliphatic rings. The Labute approximate surface area is 245 Å². The molecule has 1 N–H and O–H groups in total. The highest BCUT2D eigenvalue weighted by molar-refractivity contribution is 9.10. The Bertz CT molecular complexity index is 1390. The van der Waals surface area contributed by atoms with E-state index >= 15 is 0 Å². The standard InChI is InChI=1S/C30H36BrN3O5S/c1-6-39-27-15-17-28(18-16-27)40(37,38)34(26-13-7-22(4)8-14-26)20-29(35)33(23(5)30(36)32-21(2)3)19-24-9-11-25(31)12-10-24/h7-18,21,23H,6,19-20H2,1-5H3,(H,32,36). The maximum absolute atomic E-state index is 13.9. The number of nitrogens with zero attached hydrogens (tertiary/aromatic N) is 2. The molecule has 10 heteroatoms. The van der Waals surface area contributed by atoms with Crippen LogP contribution >= 0.6 is 15.9 Å². The van der Waals surface area contributed by atoms with Gasteiger partial charge in [0.15, 0.2) is 0 Å². The summed E-state index contributed by atoms with van der Waals surface area (Å²) in [6.45, 7) is 9.16. The molecule has 0 heterocycles. The third kappa shape index (κ3) is 8.08. The minimum atomic E-state index is -4.15. The van der Waals surface area contributed by atoms with Crippen LogP contribution in [-0.2, 0) is 26.2 Å². The van der Waals surface area contributed by atoms with Crippen LogP contribution in [0.2, 0.25) is 0 Å². The molecule has 3 aromatic rings. The fraction of sp³-hybridized carbons (Fsp3) is 0.333. The van der Waals surface area contributed by atoms with Crippen molar-refractivity contribution in [3.8, 4) is 5.75 Å². The first-order valence-corrected chi connectivity index (χ1v) is 15.3. The summed E-state index contributed by atoms with van der Waals surface area (Å²) < 4.78 is 35.3. The lowest BCUT2D eigenvalue weighted by Crippen LogP contribution is -2.52. The summed E-state index contributed by atoms with van der Waals surface area (Å²) in [7, 11) is -4.15. The summed E-state index contributed by atoms with van der Waals surface area (Å²) in [5.74, 6) is -0.286. The molecule has 1 unspecified atom stereocenters. The average molecular weight is 631 g/mol. The molecule has 3 rings (SSSR count). The lowest BCUT2D eigenvalue weighted by Gasteiger charge is -2.32. The first-order valence-electron chi connectivity index (χ1n) is 13.1. The summed E-state index contributed by atoms with van der Waals surface area (Å²) in [5, 5.41) is 2.85. The number of anilines is 1. The topological polar surface area (TPSA) is 96.0 Å². The van der Waals surface area contributed by atoms with Crippen LogP contribution in [0.1, 0.15) is 38.8 Å². The molecular weight excluding hydrogens is 594 g/mol. The quantitative estimate of drug-likeness (QED) is 0.294. The fourth-order valence-electron chi connectivity index (χ4n) is 4.02. The molecule has 2 amide bonds. The predicted molar refractivity (Wildman–Crippen MR) is 161 cm³/mol. The number of carbonyl (C=O) groups excluding carboxylic acids is 2. The molecule has 0 aliphatic heterocycles. The molecule has 0 fully saturated rings. The Hall–Kier alpha value is -3.37. The minimum absolute atomic E-state index is 0.0226. The number of halogens is 1. The maximum atomic E-state index is 13.9. The minimum Gasteiger partial charge on any atom is -0.494 e. The van der Waals surface area contributed by atoms with Crippen LogP contribution in [-0.4, -0.2) is 50.4 Å². The van der Waals surface area contributed by atoms with Gasteiger partial charge in [0.2, 0.25) is 11.8 Å². The van der Waals surface area contributed by atoms with E-state index in [2.05, 4.69) is 21.2 Å². The van der Waals surface area contributed by atoms with Crippen LogP contribution in [0, 0.1) is 6.92 Å².